The number of furan rings is 1. The highest BCUT2D eigenvalue weighted by Crippen LogP contribution is 2.29. The summed E-state index contributed by atoms with van der Waals surface area (Å²) in [5.41, 5.74) is 2.19. The van der Waals surface area contributed by atoms with Gasteiger partial charge < -0.3 is 15.1 Å². The first-order chi connectivity index (χ1) is 16.1. The van der Waals surface area contributed by atoms with Crippen LogP contribution >= 0.6 is 11.6 Å². The Labute approximate surface area is 196 Å². The molecule has 0 aliphatic heterocycles. The van der Waals surface area contributed by atoms with Gasteiger partial charge >= 0.3 is 0 Å². The van der Waals surface area contributed by atoms with E-state index in [9.17, 15) is 9.59 Å². The van der Waals surface area contributed by atoms with Crippen LogP contribution in [0.3, 0.4) is 0 Å². The van der Waals surface area contributed by atoms with E-state index in [0.29, 0.717) is 28.7 Å². The van der Waals surface area contributed by atoms with E-state index in [1.165, 1.54) is 6.08 Å². The summed E-state index contributed by atoms with van der Waals surface area (Å²) in [5, 5.41) is 6.10. The number of nitrogens with one attached hydrogen (secondary N) is 2. The van der Waals surface area contributed by atoms with E-state index in [2.05, 4.69) is 10.6 Å². The normalized spacial score (nSPS) is 11.1. The molecular weight excluding hydrogens is 436 g/mol. The predicted octanol–water partition coefficient (Wildman–Crippen LogP) is 5.69. The molecule has 0 aliphatic rings. The second-order valence-electron chi connectivity index (χ2n) is 7.23. The van der Waals surface area contributed by atoms with E-state index in [4.69, 9.17) is 16.0 Å². The minimum Gasteiger partial charge on any atom is -0.457 e. The van der Waals surface area contributed by atoms with Crippen molar-refractivity contribution in [3.8, 4) is 11.3 Å². The van der Waals surface area contributed by atoms with E-state index >= 15 is 0 Å². The zero-order chi connectivity index (χ0) is 23.0. The Balaban J connectivity index is 1.59. The highest BCUT2D eigenvalue weighted by molar-refractivity contribution is 6.33. The number of halogens is 1. The van der Waals surface area contributed by atoms with Crippen LogP contribution in [0.15, 0.2) is 107 Å². The summed E-state index contributed by atoms with van der Waals surface area (Å²) >= 11 is 6.26. The van der Waals surface area contributed by atoms with Gasteiger partial charge in [0.1, 0.15) is 17.2 Å². The molecule has 6 heteroatoms. The summed E-state index contributed by atoms with van der Waals surface area (Å²) in [6.45, 7) is 0.321. The highest BCUT2D eigenvalue weighted by Gasteiger charge is 2.16. The maximum atomic E-state index is 13.0. The number of benzene rings is 3. The van der Waals surface area contributed by atoms with Gasteiger partial charge in [-0.3, -0.25) is 9.59 Å². The van der Waals surface area contributed by atoms with Gasteiger partial charge in [-0.1, -0.05) is 72.3 Å². The summed E-state index contributed by atoms with van der Waals surface area (Å²) in [6, 6.07) is 29.0. The van der Waals surface area contributed by atoms with Crippen molar-refractivity contribution in [2.24, 2.45) is 0 Å². The average Bonchev–Trinajstić information content (AvgIpc) is 3.32. The first-order valence-corrected chi connectivity index (χ1v) is 10.7. The predicted molar refractivity (Wildman–Crippen MR) is 129 cm³/mol. The molecule has 0 fully saturated rings. The number of carbonyl (C=O) groups excluding carboxylic acids is 2. The summed E-state index contributed by atoms with van der Waals surface area (Å²) in [6.07, 6.45) is 1.50. The standard InChI is InChI=1S/C27H21ClN2O3/c28-23-14-8-7-13-22(23)25-16-15-21(33-25)17-24(30-26(31)20-11-5-2-6-12-20)27(32)29-18-19-9-3-1-4-10-19/h1-17H,18H2,(H,29,32)(H,30,31)/b24-17+. The van der Waals surface area contributed by atoms with E-state index in [0.717, 1.165) is 11.1 Å². The van der Waals surface area contributed by atoms with Crippen molar-refractivity contribution in [2.45, 2.75) is 6.54 Å². The Bertz CT molecular complexity index is 1280. The van der Waals surface area contributed by atoms with Crippen molar-refractivity contribution >= 4 is 29.5 Å². The Morgan fingerprint density at radius 3 is 2.21 bits per heavy atom. The van der Waals surface area contributed by atoms with Gasteiger partial charge in [0.2, 0.25) is 0 Å². The van der Waals surface area contributed by atoms with Crippen LogP contribution in [0.1, 0.15) is 21.7 Å². The van der Waals surface area contributed by atoms with Gasteiger partial charge in [-0.2, -0.15) is 0 Å². The molecular formula is C27H21ClN2O3. The van der Waals surface area contributed by atoms with E-state index in [-0.39, 0.29) is 5.70 Å². The van der Waals surface area contributed by atoms with Crippen molar-refractivity contribution < 1.29 is 14.0 Å². The second kappa shape index (κ2) is 10.5. The zero-order valence-corrected chi connectivity index (χ0v) is 18.4. The summed E-state index contributed by atoms with van der Waals surface area (Å²) in [7, 11) is 0. The fourth-order valence-electron chi connectivity index (χ4n) is 3.19. The Morgan fingerprint density at radius 1 is 0.818 bits per heavy atom. The Hall–Kier alpha value is -4.09. The van der Waals surface area contributed by atoms with Crippen LogP contribution in [0.2, 0.25) is 5.02 Å². The smallest absolute Gasteiger partial charge is 0.268 e. The van der Waals surface area contributed by atoms with Crippen LogP contribution in [-0.4, -0.2) is 11.8 Å². The van der Waals surface area contributed by atoms with Crippen LogP contribution in [0.25, 0.3) is 17.4 Å². The molecule has 1 aromatic heterocycles. The second-order valence-corrected chi connectivity index (χ2v) is 7.64. The molecule has 5 nitrogen and oxygen atoms in total. The molecule has 2 N–H and O–H groups in total. The molecule has 0 radical (unpaired) electrons. The summed E-state index contributed by atoms with van der Waals surface area (Å²) in [5.74, 6) is 0.141. The van der Waals surface area contributed by atoms with Gasteiger partial charge in [0.25, 0.3) is 11.8 Å². The molecule has 2 amide bonds. The van der Waals surface area contributed by atoms with Crippen LogP contribution in [0.4, 0.5) is 0 Å². The lowest BCUT2D eigenvalue weighted by Gasteiger charge is -2.11. The first kappa shape index (κ1) is 22.1. The summed E-state index contributed by atoms with van der Waals surface area (Å²) < 4.78 is 5.89. The van der Waals surface area contributed by atoms with Gasteiger partial charge in [0, 0.05) is 23.7 Å². The molecule has 164 valence electrons. The van der Waals surface area contributed by atoms with Crippen molar-refractivity contribution in [3.05, 3.63) is 125 Å². The fraction of sp³-hybridized carbons (Fsp3) is 0.0370. The Kier molecular flexibility index (Phi) is 7.03. The lowest BCUT2D eigenvalue weighted by atomic mass is 10.2. The molecule has 33 heavy (non-hydrogen) atoms. The molecule has 1 heterocycles. The largest absolute Gasteiger partial charge is 0.457 e. The molecule has 0 saturated heterocycles. The van der Waals surface area contributed by atoms with E-state index in [1.807, 2.05) is 54.6 Å². The van der Waals surface area contributed by atoms with Crippen molar-refractivity contribution in [1.29, 1.82) is 0 Å². The SMILES string of the molecule is O=C(NCc1ccccc1)/C(=C\c1ccc(-c2ccccc2Cl)o1)NC(=O)c1ccccc1. The van der Waals surface area contributed by atoms with Crippen molar-refractivity contribution in [2.75, 3.05) is 0 Å². The molecule has 4 aromatic rings. The van der Waals surface area contributed by atoms with Gasteiger partial charge in [-0.25, -0.2) is 0 Å². The lowest BCUT2D eigenvalue weighted by Crippen LogP contribution is -2.34. The van der Waals surface area contributed by atoms with E-state index < -0.39 is 11.8 Å². The van der Waals surface area contributed by atoms with Crippen LogP contribution in [0.5, 0.6) is 0 Å². The number of hydrogen-bond donors (Lipinski definition) is 2. The molecule has 0 bridgehead atoms. The van der Waals surface area contributed by atoms with Gasteiger partial charge in [0.05, 0.1) is 5.02 Å². The quantitative estimate of drug-likeness (QED) is 0.351. The fourth-order valence-corrected chi connectivity index (χ4v) is 3.42. The molecule has 0 atom stereocenters. The van der Waals surface area contributed by atoms with Gasteiger partial charge in [0.15, 0.2) is 0 Å². The van der Waals surface area contributed by atoms with Gasteiger partial charge in [-0.15, -0.1) is 0 Å². The third-order valence-corrected chi connectivity index (χ3v) is 5.21. The average molecular weight is 457 g/mol. The molecule has 0 saturated carbocycles. The minimum atomic E-state index is -0.432. The number of amides is 2. The van der Waals surface area contributed by atoms with Crippen molar-refractivity contribution in [1.82, 2.24) is 10.6 Å². The lowest BCUT2D eigenvalue weighted by molar-refractivity contribution is -0.117. The maximum Gasteiger partial charge on any atom is 0.268 e. The van der Waals surface area contributed by atoms with Gasteiger partial charge in [-0.05, 0) is 42.0 Å². The first-order valence-electron chi connectivity index (χ1n) is 10.3. The molecule has 3 aromatic carbocycles. The minimum absolute atomic E-state index is 0.0693. The van der Waals surface area contributed by atoms with E-state index in [1.54, 1.807) is 42.5 Å². The molecule has 0 unspecified atom stereocenters. The zero-order valence-electron chi connectivity index (χ0n) is 17.6. The monoisotopic (exact) mass is 456 g/mol. The highest BCUT2D eigenvalue weighted by atomic mass is 35.5. The van der Waals surface area contributed by atoms with Crippen LogP contribution in [-0.2, 0) is 11.3 Å². The summed E-state index contributed by atoms with van der Waals surface area (Å²) in [4.78, 5) is 25.7. The molecule has 0 aliphatic carbocycles. The van der Waals surface area contributed by atoms with Crippen molar-refractivity contribution in [3.63, 3.8) is 0 Å². The third kappa shape index (κ3) is 5.79. The molecule has 0 spiro atoms. The number of rotatable bonds is 7. The van der Waals surface area contributed by atoms with Crippen LogP contribution in [0, 0.1) is 0 Å². The number of hydrogen-bond acceptors (Lipinski definition) is 3. The number of carbonyl (C=O) groups is 2. The molecule has 4 rings (SSSR count). The van der Waals surface area contributed by atoms with Crippen LogP contribution < -0.4 is 10.6 Å². The Morgan fingerprint density at radius 2 is 1.48 bits per heavy atom. The third-order valence-electron chi connectivity index (χ3n) is 4.88. The maximum absolute atomic E-state index is 13.0. The topological polar surface area (TPSA) is 71.3 Å².